The van der Waals surface area contributed by atoms with Crippen LogP contribution in [0, 0.1) is 6.92 Å². The van der Waals surface area contributed by atoms with E-state index in [1.807, 2.05) is 0 Å². The fourth-order valence-electron chi connectivity index (χ4n) is 4.95. The minimum atomic E-state index is -4.65. The van der Waals surface area contributed by atoms with Crippen LogP contribution in [-0.2, 0) is 30.4 Å². The van der Waals surface area contributed by atoms with Crippen LogP contribution in [0.25, 0.3) is 0 Å². The number of aryl methyl sites for hydroxylation is 1. The standard InChI is InChI=1S/C27H35F3N4O10S/c1-13-5-7-16(8-6-13)45(40,41)34-21-23(38)22(37)19(11-36)43-25(21)44-24-17(12-42-18(10-35)20(24)31)33-26(39)32-15-4-2-3-14(9-15)27(28,29)30/h2-9,17-25,34-38H,10-12,31H2,1H3,(H2,32,33,39)/t17-,18+,19+,20-,21+,22+,23+,24+,25-/m0/s1. The quantitative estimate of drug-likeness (QED) is 0.169. The Balaban J connectivity index is 1.58. The molecular weight excluding hydrogens is 629 g/mol. The first-order valence-electron chi connectivity index (χ1n) is 13.7. The number of aliphatic hydroxyl groups excluding tert-OH is 4. The van der Waals surface area contributed by atoms with Gasteiger partial charge in [-0.05, 0) is 37.3 Å². The lowest BCUT2D eigenvalue weighted by Crippen LogP contribution is -2.69. The van der Waals surface area contributed by atoms with Gasteiger partial charge in [0.05, 0.1) is 48.5 Å². The predicted molar refractivity (Wildman–Crippen MR) is 150 cm³/mol. The average molecular weight is 665 g/mol. The molecule has 2 aromatic rings. The number of aliphatic hydroxyl groups is 4. The Hall–Kier alpha value is -2.91. The normalized spacial score (nSPS) is 30.9. The molecule has 9 atom stereocenters. The lowest BCUT2D eigenvalue weighted by Gasteiger charge is -2.46. The largest absolute Gasteiger partial charge is 0.416 e. The smallest absolute Gasteiger partial charge is 0.394 e. The van der Waals surface area contributed by atoms with E-state index in [0.29, 0.717) is 0 Å². The van der Waals surface area contributed by atoms with E-state index in [-0.39, 0.29) is 17.2 Å². The van der Waals surface area contributed by atoms with E-state index in [4.69, 9.17) is 19.9 Å². The molecular formula is C27H35F3N4O10S. The number of urea groups is 1. The Bertz CT molecular complexity index is 1420. The van der Waals surface area contributed by atoms with Crippen LogP contribution in [0.3, 0.4) is 0 Å². The summed E-state index contributed by atoms with van der Waals surface area (Å²) in [6, 6.07) is 4.62. The van der Waals surface area contributed by atoms with E-state index in [0.717, 1.165) is 23.8 Å². The van der Waals surface area contributed by atoms with Crippen LogP contribution in [0.4, 0.5) is 23.7 Å². The van der Waals surface area contributed by atoms with Crippen molar-refractivity contribution in [2.45, 2.75) is 72.9 Å². The summed E-state index contributed by atoms with van der Waals surface area (Å²) in [5.74, 6) is 0. The SMILES string of the molecule is Cc1ccc(S(=O)(=O)N[C@H]2[C@H](O[C@H]3[C@@H](N)[C@@H](CO)OC[C@@H]3NC(=O)Nc3cccc(C(F)(F)F)c3)O[C@H](CO)[C@@H](O)[C@@H]2O)cc1. The number of nitrogens with two attached hydrogens (primary N) is 1. The number of amides is 2. The molecule has 14 nitrogen and oxygen atoms in total. The number of carbonyl (C=O) groups excluding carboxylic acids is 1. The fourth-order valence-corrected chi connectivity index (χ4v) is 6.19. The molecule has 2 heterocycles. The third-order valence-electron chi connectivity index (χ3n) is 7.43. The van der Waals surface area contributed by atoms with Gasteiger partial charge in [0.2, 0.25) is 10.0 Å². The molecule has 0 aromatic heterocycles. The molecule has 9 N–H and O–H groups in total. The highest BCUT2D eigenvalue weighted by Crippen LogP contribution is 2.31. The topological polar surface area (TPSA) is 222 Å². The van der Waals surface area contributed by atoms with Gasteiger partial charge in [-0.3, -0.25) is 0 Å². The number of alkyl halides is 3. The van der Waals surface area contributed by atoms with E-state index < -0.39 is 95.9 Å². The Morgan fingerprint density at radius 3 is 2.36 bits per heavy atom. The first kappa shape index (κ1) is 35.0. The Morgan fingerprint density at radius 1 is 1.07 bits per heavy atom. The molecule has 2 aliphatic rings. The van der Waals surface area contributed by atoms with Crippen LogP contribution < -0.4 is 21.1 Å². The van der Waals surface area contributed by atoms with Gasteiger partial charge in [0.1, 0.15) is 30.5 Å². The number of sulfonamides is 1. The molecule has 250 valence electrons. The monoisotopic (exact) mass is 664 g/mol. The molecule has 2 aromatic carbocycles. The van der Waals surface area contributed by atoms with Crippen molar-refractivity contribution in [3.8, 4) is 0 Å². The molecule has 0 unspecified atom stereocenters. The Labute approximate surface area is 256 Å². The van der Waals surface area contributed by atoms with Crippen molar-refractivity contribution in [2.24, 2.45) is 5.73 Å². The van der Waals surface area contributed by atoms with Crippen molar-refractivity contribution in [3.05, 3.63) is 59.7 Å². The molecule has 4 rings (SSSR count). The Morgan fingerprint density at radius 2 is 1.73 bits per heavy atom. The minimum absolute atomic E-state index is 0.174. The molecule has 2 aliphatic heterocycles. The second-order valence-corrected chi connectivity index (χ2v) is 12.4. The zero-order valence-electron chi connectivity index (χ0n) is 23.8. The van der Waals surface area contributed by atoms with Crippen molar-refractivity contribution >= 4 is 21.7 Å². The first-order chi connectivity index (χ1) is 21.1. The summed E-state index contributed by atoms with van der Waals surface area (Å²) < 4.78 is 85.2. The highest BCUT2D eigenvalue weighted by atomic mass is 32.2. The summed E-state index contributed by atoms with van der Waals surface area (Å²) in [7, 11) is -4.34. The number of benzene rings is 2. The number of carbonyl (C=O) groups is 1. The van der Waals surface area contributed by atoms with Crippen LogP contribution in [-0.4, -0.2) is 110 Å². The van der Waals surface area contributed by atoms with Crippen LogP contribution in [0.2, 0.25) is 0 Å². The maximum atomic E-state index is 13.2. The van der Waals surface area contributed by atoms with Crippen LogP contribution >= 0.6 is 0 Å². The zero-order chi connectivity index (χ0) is 33.1. The molecule has 0 spiro atoms. The number of hydrogen-bond donors (Lipinski definition) is 8. The summed E-state index contributed by atoms with van der Waals surface area (Å²) in [6.45, 7) is 0.0507. The van der Waals surface area contributed by atoms with Crippen LogP contribution in [0.15, 0.2) is 53.4 Å². The number of rotatable bonds is 9. The highest BCUT2D eigenvalue weighted by molar-refractivity contribution is 7.89. The number of ether oxygens (including phenoxy) is 3. The number of nitrogens with one attached hydrogen (secondary N) is 3. The molecule has 0 radical (unpaired) electrons. The summed E-state index contributed by atoms with van der Waals surface area (Å²) in [4.78, 5) is 12.7. The Kier molecular flexibility index (Phi) is 11.1. The van der Waals surface area contributed by atoms with Crippen LogP contribution in [0.1, 0.15) is 11.1 Å². The molecule has 0 aliphatic carbocycles. The lowest BCUT2D eigenvalue weighted by atomic mass is 9.94. The molecule has 2 fully saturated rings. The highest BCUT2D eigenvalue weighted by Gasteiger charge is 2.50. The van der Waals surface area contributed by atoms with Crippen molar-refractivity contribution in [1.29, 1.82) is 0 Å². The van der Waals surface area contributed by atoms with Crippen molar-refractivity contribution in [3.63, 3.8) is 0 Å². The third kappa shape index (κ3) is 8.28. The molecule has 45 heavy (non-hydrogen) atoms. The molecule has 0 bridgehead atoms. The van der Waals surface area contributed by atoms with Gasteiger partial charge in [0, 0.05) is 5.69 Å². The van der Waals surface area contributed by atoms with E-state index in [9.17, 15) is 46.8 Å². The molecule has 0 saturated carbocycles. The summed E-state index contributed by atoms with van der Waals surface area (Å²) in [6.07, 6.45) is -13.8. The van der Waals surface area contributed by atoms with E-state index in [2.05, 4.69) is 15.4 Å². The summed E-state index contributed by atoms with van der Waals surface area (Å²) in [5.41, 5.74) is 5.88. The van der Waals surface area contributed by atoms with Crippen molar-refractivity contribution in [2.75, 3.05) is 25.1 Å². The van der Waals surface area contributed by atoms with E-state index in [1.165, 1.54) is 18.2 Å². The van der Waals surface area contributed by atoms with Gasteiger partial charge in [-0.25, -0.2) is 17.9 Å². The van der Waals surface area contributed by atoms with Gasteiger partial charge in [-0.2, -0.15) is 13.2 Å². The van der Waals surface area contributed by atoms with Crippen LogP contribution in [0.5, 0.6) is 0 Å². The average Bonchev–Trinajstić information content (AvgIpc) is 2.98. The van der Waals surface area contributed by atoms with Gasteiger partial charge in [0.25, 0.3) is 0 Å². The first-order valence-corrected chi connectivity index (χ1v) is 15.2. The zero-order valence-corrected chi connectivity index (χ0v) is 24.6. The molecule has 18 heteroatoms. The van der Waals surface area contributed by atoms with Crippen molar-refractivity contribution in [1.82, 2.24) is 10.0 Å². The van der Waals surface area contributed by atoms with E-state index >= 15 is 0 Å². The third-order valence-corrected chi connectivity index (χ3v) is 8.91. The van der Waals surface area contributed by atoms with Gasteiger partial charge >= 0.3 is 12.2 Å². The number of anilines is 1. The van der Waals surface area contributed by atoms with Gasteiger partial charge < -0.3 is 51.0 Å². The lowest BCUT2D eigenvalue weighted by molar-refractivity contribution is -0.291. The molecule has 2 saturated heterocycles. The second-order valence-electron chi connectivity index (χ2n) is 10.7. The number of halogens is 3. The van der Waals surface area contributed by atoms with Gasteiger partial charge in [0.15, 0.2) is 6.29 Å². The second kappa shape index (κ2) is 14.2. The molecule has 2 amide bonds. The summed E-state index contributed by atoms with van der Waals surface area (Å²) in [5, 5.41) is 45.7. The van der Waals surface area contributed by atoms with E-state index in [1.54, 1.807) is 19.1 Å². The van der Waals surface area contributed by atoms with Gasteiger partial charge in [-0.1, -0.05) is 23.8 Å². The van der Waals surface area contributed by atoms with Gasteiger partial charge in [-0.15, -0.1) is 0 Å². The maximum Gasteiger partial charge on any atom is 0.416 e. The summed E-state index contributed by atoms with van der Waals surface area (Å²) >= 11 is 0. The maximum absolute atomic E-state index is 13.2. The van der Waals surface area contributed by atoms with Crippen molar-refractivity contribution < 1.29 is 61.0 Å². The minimum Gasteiger partial charge on any atom is -0.394 e. The number of hydrogen-bond acceptors (Lipinski definition) is 11. The predicted octanol–water partition coefficient (Wildman–Crippen LogP) is -0.606. The fraction of sp³-hybridized carbons (Fsp3) is 0.519.